The van der Waals surface area contributed by atoms with Crippen LogP contribution in [0.4, 0.5) is 8.78 Å². The van der Waals surface area contributed by atoms with Crippen LogP contribution in [0.25, 0.3) is 0 Å². The van der Waals surface area contributed by atoms with Crippen molar-refractivity contribution >= 4 is 17.1 Å². The molecule has 0 aromatic carbocycles. The molecule has 0 N–H and O–H groups in total. The molecule has 0 aliphatic heterocycles. The predicted molar refractivity (Wildman–Crippen MR) is 50.9 cm³/mol. The maximum Gasteiger partial charge on any atom is 0.302 e. The molecule has 1 aromatic heterocycles. The second kappa shape index (κ2) is 3.73. The third-order valence-electron chi connectivity index (χ3n) is 1.87. The highest BCUT2D eigenvalue weighted by atomic mass is 32.1. The lowest BCUT2D eigenvalue weighted by molar-refractivity contribution is -0.139. The van der Waals surface area contributed by atoms with Gasteiger partial charge in [0.1, 0.15) is 5.01 Å². The Kier molecular flexibility index (Phi) is 2.99. The van der Waals surface area contributed by atoms with Gasteiger partial charge in [0, 0.05) is 11.8 Å². The zero-order chi connectivity index (χ0) is 10.9. The molecule has 1 heterocycles. The quantitative estimate of drug-likeness (QED) is 0.781. The molecule has 0 fully saturated rings. The summed E-state index contributed by atoms with van der Waals surface area (Å²) in [6.45, 7) is 4.26. The maximum atomic E-state index is 12.5. The van der Waals surface area contributed by atoms with E-state index in [1.165, 1.54) is 11.3 Å². The normalized spacial score (nSPS) is 11.8. The number of aromatic nitrogens is 1. The number of nitrogens with zero attached hydrogens (tertiary/aromatic N) is 1. The molecule has 14 heavy (non-hydrogen) atoms. The molecule has 0 saturated heterocycles. The first-order valence-electron chi connectivity index (χ1n) is 4.14. The Morgan fingerprint density at radius 2 is 2.07 bits per heavy atom. The molecule has 0 saturated carbocycles. The van der Waals surface area contributed by atoms with Crippen LogP contribution in [0.1, 0.15) is 22.5 Å². The van der Waals surface area contributed by atoms with Crippen LogP contribution in [0.15, 0.2) is 0 Å². The van der Waals surface area contributed by atoms with E-state index in [-0.39, 0.29) is 6.42 Å². The molecule has 0 amide bonds. The summed E-state index contributed by atoms with van der Waals surface area (Å²) in [4.78, 5) is 16.0. The Morgan fingerprint density at radius 1 is 1.50 bits per heavy atom. The van der Waals surface area contributed by atoms with Crippen molar-refractivity contribution in [1.82, 2.24) is 4.98 Å². The van der Waals surface area contributed by atoms with Crippen LogP contribution in [-0.2, 0) is 11.2 Å². The van der Waals surface area contributed by atoms with E-state index in [0.717, 1.165) is 10.6 Å². The summed E-state index contributed by atoms with van der Waals surface area (Å²) < 4.78 is 25.1. The summed E-state index contributed by atoms with van der Waals surface area (Å²) in [5.74, 6) is -4.33. The second-order valence-electron chi connectivity index (χ2n) is 3.24. The number of carbonyl (C=O) groups excluding carboxylic acids is 1. The van der Waals surface area contributed by atoms with Gasteiger partial charge in [0.05, 0.1) is 12.1 Å². The zero-order valence-corrected chi connectivity index (χ0v) is 9.04. The average molecular weight is 219 g/mol. The fourth-order valence-corrected chi connectivity index (χ4v) is 1.84. The predicted octanol–water partition coefficient (Wildman–Crippen LogP) is 2.53. The monoisotopic (exact) mass is 219 g/mol. The van der Waals surface area contributed by atoms with Crippen molar-refractivity contribution in [3.05, 3.63) is 15.6 Å². The number of thiazole rings is 1. The van der Waals surface area contributed by atoms with Crippen molar-refractivity contribution in [2.45, 2.75) is 33.1 Å². The van der Waals surface area contributed by atoms with Crippen LogP contribution in [0.2, 0.25) is 0 Å². The minimum atomic E-state index is -3.26. The van der Waals surface area contributed by atoms with Gasteiger partial charge in [-0.05, 0) is 13.8 Å². The van der Waals surface area contributed by atoms with Crippen molar-refractivity contribution < 1.29 is 13.6 Å². The second-order valence-corrected chi connectivity index (χ2v) is 4.53. The van der Waals surface area contributed by atoms with Crippen molar-refractivity contribution in [1.29, 1.82) is 0 Å². The summed E-state index contributed by atoms with van der Waals surface area (Å²) in [7, 11) is 0. The summed E-state index contributed by atoms with van der Waals surface area (Å²) in [6.07, 6.45) is -0.275. The fraction of sp³-hybridized carbons (Fsp3) is 0.556. The molecule has 1 rings (SSSR count). The first-order valence-corrected chi connectivity index (χ1v) is 4.96. The molecule has 0 radical (unpaired) electrons. The molecule has 0 atom stereocenters. The van der Waals surface area contributed by atoms with Gasteiger partial charge >= 0.3 is 5.92 Å². The molecule has 2 nitrogen and oxygen atoms in total. The van der Waals surface area contributed by atoms with Crippen LogP contribution in [-0.4, -0.2) is 16.7 Å². The first kappa shape index (κ1) is 11.2. The lowest BCUT2D eigenvalue weighted by Crippen LogP contribution is -2.26. The molecule has 0 aliphatic carbocycles. The lowest BCUT2D eigenvalue weighted by Gasteiger charge is -2.06. The van der Waals surface area contributed by atoms with Gasteiger partial charge < -0.3 is 0 Å². The topological polar surface area (TPSA) is 30.0 Å². The highest BCUT2D eigenvalue weighted by Gasteiger charge is 2.32. The number of hydrogen-bond donors (Lipinski definition) is 0. The van der Waals surface area contributed by atoms with Crippen molar-refractivity contribution in [2.24, 2.45) is 0 Å². The maximum absolute atomic E-state index is 12.5. The molecule has 5 heteroatoms. The zero-order valence-electron chi connectivity index (χ0n) is 8.23. The molecule has 0 spiro atoms. The number of aryl methyl sites for hydroxylation is 2. The van der Waals surface area contributed by atoms with Gasteiger partial charge in [-0.25, -0.2) is 4.98 Å². The van der Waals surface area contributed by atoms with Crippen LogP contribution < -0.4 is 0 Å². The van der Waals surface area contributed by atoms with E-state index in [1.54, 1.807) is 6.92 Å². The van der Waals surface area contributed by atoms with E-state index in [9.17, 15) is 13.6 Å². The number of ketones is 1. The van der Waals surface area contributed by atoms with Gasteiger partial charge in [-0.3, -0.25) is 4.79 Å². The van der Waals surface area contributed by atoms with Crippen molar-refractivity contribution in [2.75, 3.05) is 0 Å². The summed E-state index contributed by atoms with van der Waals surface area (Å²) in [5, 5.41) is 0.464. The smallest absolute Gasteiger partial charge is 0.292 e. The standard InChI is InChI=1S/C9H11F2NOS/c1-5-6(2)14-8(12-5)4-7(13)9(3,10)11/h4H2,1-3H3. The fourth-order valence-electron chi connectivity index (χ4n) is 0.907. The van der Waals surface area contributed by atoms with E-state index in [4.69, 9.17) is 0 Å². The van der Waals surface area contributed by atoms with Crippen LogP contribution >= 0.6 is 11.3 Å². The number of halogens is 2. The third kappa shape index (κ3) is 2.57. The minimum Gasteiger partial charge on any atom is -0.292 e. The van der Waals surface area contributed by atoms with E-state index < -0.39 is 11.7 Å². The van der Waals surface area contributed by atoms with Gasteiger partial charge in [0.15, 0.2) is 0 Å². The van der Waals surface area contributed by atoms with Crippen LogP contribution in [0.5, 0.6) is 0 Å². The van der Waals surface area contributed by atoms with Gasteiger partial charge in [-0.2, -0.15) is 8.78 Å². The highest BCUT2D eigenvalue weighted by Crippen LogP contribution is 2.21. The summed E-state index contributed by atoms with van der Waals surface area (Å²) in [6, 6.07) is 0. The number of carbonyl (C=O) groups is 1. The average Bonchev–Trinajstić information content (AvgIpc) is 2.29. The summed E-state index contributed by atoms with van der Waals surface area (Å²) >= 11 is 1.29. The highest BCUT2D eigenvalue weighted by molar-refractivity contribution is 7.11. The molecule has 78 valence electrons. The first-order chi connectivity index (χ1) is 6.30. The molecule has 0 unspecified atom stereocenters. The van der Waals surface area contributed by atoms with E-state index >= 15 is 0 Å². The van der Waals surface area contributed by atoms with Gasteiger partial charge in [0.25, 0.3) is 0 Å². The molecule has 0 aliphatic rings. The Balaban J connectivity index is 2.75. The van der Waals surface area contributed by atoms with Crippen molar-refractivity contribution in [3.8, 4) is 0 Å². The number of hydrogen-bond acceptors (Lipinski definition) is 3. The Labute approximate surface area is 85.0 Å². The lowest BCUT2D eigenvalue weighted by atomic mass is 10.2. The van der Waals surface area contributed by atoms with Crippen molar-refractivity contribution in [3.63, 3.8) is 0 Å². The van der Waals surface area contributed by atoms with E-state index in [0.29, 0.717) is 11.9 Å². The Bertz CT molecular complexity index is 335. The van der Waals surface area contributed by atoms with E-state index in [1.807, 2.05) is 6.92 Å². The van der Waals surface area contributed by atoms with Gasteiger partial charge in [-0.1, -0.05) is 0 Å². The largest absolute Gasteiger partial charge is 0.302 e. The van der Waals surface area contributed by atoms with Crippen LogP contribution in [0.3, 0.4) is 0 Å². The number of rotatable bonds is 3. The van der Waals surface area contributed by atoms with Gasteiger partial charge in [0.2, 0.25) is 5.78 Å². The molecule has 1 aromatic rings. The minimum absolute atomic E-state index is 0.275. The van der Waals surface area contributed by atoms with Crippen LogP contribution in [0, 0.1) is 13.8 Å². The number of alkyl halides is 2. The van der Waals surface area contributed by atoms with E-state index in [2.05, 4.69) is 4.98 Å². The van der Waals surface area contributed by atoms with Gasteiger partial charge in [-0.15, -0.1) is 11.3 Å². The Morgan fingerprint density at radius 3 is 2.43 bits per heavy atom. The number of Topliss-reactive ketones (excluding diaryl/α,β-unsaturated/α-hetero) is 1. The third-order valence-corrected chi connectivity index (χ3v) is 2.95. The Hall–Kier alpha value is -0.840. The molecular formula is C9H11F2NOS. The molecular weight excluding hydrogens is 208 g/mol. The SMILES string of the molecule is Cc1nc(CC(=O)C(C)(F)F)sc1C. The summed E-state index contributed by atoms with van der Waals surface area (Å²) in [5.41, 5.74) is 0.803. The molecule has 0 bridgehead atoms.